The molecule has 2 heterocycles. The van der Waals surface area contributed by atoms with Crippen LogP contribution in [0.15, 0.2) is 16.4 Å². The highest BCUT2D eigenvalue weighted by Crippen LogP contribution is 2.18. The minimum Gasteiger partial charge on any atom is -0.371 e. The Hall–Kier alpha value is -0.740. The molecule has 0 saturated heterocycles. The molecule has 0 fully saturated rings. The van der Waals surface area contributed by atoms with E-state index in [0.29, 0.717) is 0 Å². The Morgan fingerprint density at radius 2 is 2.55 bits per heavy atom. The molecule has 2 rings (SSSR count). The lowest BCUT2D eigenvalue weighted by Gasteiger charge is -2.24. The van der Waals surface area contributed by atoms with Crippen LogP contribution in [0.5, 0.6) is 0 Å². The summed E-state index contributed by atoms with van der Waals surface area (Å²) in [4.78, 5) is 3.91. The number of alkyl halides is 1. The van der Waals surface area contributed by atoms with E-state index in [2.05, 4.69) is 15.6 Å². The third-order valence-corrected chi connectivity index (χ3v) is 1.92. The second-order valence-electron chi connectivity index (χ2n) is 2.63. The molecule has 1 unspecified atom stereocenters. The van der Waals surface area contributed by atoms with E-state index in [0.717, 1.165) is 24.4 Å². The number of rotatable bonds is 0. The summed E-state index contributed by atoms with van der Waals surface area (Å²) in [5, 5.41) is 4.84. The molecule has 1 atom stereocenters. The van der Waals surface area contributed by atoms with E-state index < -0.39 is 5.25 Å². The fourth-order valence-corrected chi connectivity index (χ4v) is 1.34. The standard InChI is InChI=1S/C6H9ClN4/c7-6(8)10-3-4-1-2-9-5(4)11-6/h3,9,11H,1-2,8H2. The van der Waals surface area contributed by atoms with Gasteiger partial charge in [0.15, 0.2) is 0 Å². The first-order valence-corrected chi connectivity index (χ1v) is 3.83. The predicted octanol–water partition coefficient (Wildman–Crippen LogP) is -0.326. The number of hydrogen-bond donors (Lipinski definition) is 3. The number of aliphatic imine (C=N–C) groups is 1. The normalized spacial score (nSPS) is 34.7. The molecule has 5 heteroatoms. The second-order valence-corrected chi connectivity index (χ2v) is 3.21. The van der Waals surface area contributed by atoms with E-state index in [1.165, 1.54) is 0 Å². The van der Waals surface area contributed by atoms with Crippen molar-refractivity contribution in [1.29, 1.82) is 0 Å². The van der Waals surface area contributed by atoms with E-state index in [1.807, 2.05) is 0 Å². The monoisotopic (exact) mass is 172 g/mol. The van der Waals surface area contributed by atoms with Gasteiger partial charge in [-0.3, -0.25) is 5.73 Å². The van der Waals surface area contributed by atoms with Gasteiger partial charge in [0.1, 0.15) is 5.82 Å². The Morgan fingerprint density at radius 1 is 1.73 bits per heavy atom. The maximum absolute atomic E-state index is 5.73. The molecule has 2 aliphatic rings. The van der Waals surface area contributed by atoms with Gasteiger partial charge in [-0.15, -0.1) is 0 Å². The molecule has 4 nitrogen and oxygen atoms in total. The Kier molecular flexibility index (Phi) is 1.34. The Bertz CT molecular complexity index is 243. The fourth-order valence-electron chi connectivity index (χ4n) is 1.19. The van der Waals surface area contributed by atoms with Gasteiger partial charge in [-0.25, -0.2) is 4.99 Å². The van der Waals surface area contributed by atoms with Crippen molar-refractivity contribution in [2.45, 2.75) is 11.7 Å². The van der Waals surface area contributed by atoms with E-state index in [4.69, 9.17) is 17.3 Å². The molecule has 0 aromatic rings. The Balaban J connectivity index is 2.25. The maximum atomic E-state index is 5.73. The van der Waals surface area contributed by atoms with Gasteiger partial charge in [0.2, 0.25) is 0 Å². The van der Waals surface area contributed by atoms with Gasteiger partial charge in [-0.2, -0.15) is 0 Å². The summed E-state index contributed by atoms with van der Waals surface area (Å²) >= 11 is 5.73. The average Bonchev–Trinajstić information content (AvgIpc) is 2.31. The number of hydrogen-bond acceptors (Lipinski definition) is 4. The Morgan fingerprint density at radius 3 is 3.36 bits per heavy atom. The molecule has 11 heavy (non-hydrogen) atoms. The molecular formula is C6H9ClN4. The maximum Gasteiger partial charge on any atom is 0.263 e. The topological polar surface area (TPSA) is 62.4 Å². The van der Waals surface area contributed by atoms with Crippen LogP contribution in [0.4, 0.5) is 0 Å². The third-order valence-electron chi connectivity index (χ3n) is 1.73. The van der Waals surface area contributed by atoms with Gasteiger partial charge in [0.25, 0.3) is 5.25 Å². The van der Waals surface area contributed by atoms with Crippen LogP contribution in [0.1, 0.15) is 6.42 Å². The highest BCUT2D eigenvalue weighted by Gasteiger charge is 2.27. The summed E-state index contributed by atoms with van der Waals surface area (Å²) in [6, 6.07) is 0. The molecule has 0 radical (unpaired) electrons. The zero-order chi connectivity index (χ0) is 7.90. The molecule has 0 aromatic carbocycles. The van der Waals surface area contributed by atoms with Crippen molar-refractivity contribution in [1.82, 2.24) is 10.6 Å². The first-order chi connectivity index (χ1) is 5.17. The summed E-state index contributed by atoms with van der Waals surface area (Å²) in [7, 11) is 0. The van der Waals surface area contributed by atoms with Crippen LogP contribution in [-0.2, 0) is 0 Å². The molecule has 60 valence electrons. The number of nitrogens with zero attached hydrogens (tertiary/aromatic N) is 1. The Labute approximate surface area is 69.5 Å². The van der Waals surface area contributed by atoms with E-state index in [1.54, 1.807) is 6.21 Å². The summed E-state index contributed by atoms with van der Waals surface area (Å²) < 4.78 is 0. The lowest BCUT2D eigenvalue weighted by Crippen LogP contribution is -2.50. The number of nitrogens with two attached hydrogens (primary N) is 1. The van der Waals surface area contributed by atoms with Crippen molar-refractivity contribution >= 4 is 17.8 Å². The smallest absolute Gasteiger partial charge is 0.263 e. The first kappa shape index (κ1) is 6.94. The van der Waals surface area contributed by atoms with E-state index >= 15 is 0 Å². The van der Waals surface area contributed by atoms with Crippen LogP contribution in [0.3, 0.4) is 0 Å². The molecule has 0 aliphatic carbocycles. The lowest BCUT2D eigenvalue weighted by atomic mass is 10.2. The van der Waals surface area contributed by atoms with Crippen molar-refractivity contribution in [3.63, 3.8) is 0 Å². The molecule has 2 aliphatic heterocycles. The number of nitrogens with one attached hydrogen (secondary N) is 2. The van der Waals surface area contributed by atoms with Gasteiger partial charge >= 0.3 is 0 Å². The van der Waals surface area contributed by atoms with Crippen LogP contribution in [0, 0.1) is 0 Å². The third kappa shape index (κ3) is 1.19. The van der Waals surface area contributed by atoms with Crippen molar-refractivity contribution in [2.75, 3.05) is 6.54 Å². The van der Waals surface area contributed by atoms with Crippen molar-refractivity contribution in [2.24, 2.45) is 10.7 Å². The van der Waals surface area contributed by atoms with Crippen LogP contribution < -0.4 is 16.4 Å². The van der Waals surface area contributed by atoms with Crippen molar-refractivity contribution < 1.29 is 0 Å². The number of halogens is 1. The zero-order valence-corrected chi connectivity index (χ0v) is 6.65. The SMILES string of the molecule is NC1(Cl)N=CC2=C(NCC2)N1. The van der Waals surface area contributed by atoms with Crippen LogP contribution >= 0.6 is 11.6 Å². The summed E-state index contributed by atoms with van der Waals surface area (Å²) in [5.74, 6) is 0.914. The van der Waals surface area contributed by atoms with E-state index in [-0.39, 0.29) is 0 Å². The van der Waals surface area contributed by atoms with Gasteiger partial charge < -0.3 is 10.6 Å². The summed E-state index contributed by atoms with van der Waals surface area (Å²) in [5.41, 5.74) is 6.66. The highest BCUT2D eigenvalue weighted by atomic mass is 35.5. The van der Waals surface area contributed by atoms with Gasteiger partial charge in [-0.05, 0) is 6.42 Å². The van der Waals surface area contributed by atoms with Crippen LogP contribution in [0.2, 0.25) is 0 Å². The predicted molar refractivity (Wildman–Crippen MR) is 44.0 cm³/mol. The van der Waals surface area contributed by atoms with Gasteiger partial charge in [0.05, 0.1) is 0 Å². The molecule has 0 saturated carbocycles. The molecule has 0 amide bonds. The van der Waals surface area contributed by atoms with Gasteiger partial charge in [-0.1, -0.05) is 11.6 Å². The van der Waals surface area contributed by atoms with Crippen molar-refractivity contribution in [3.05, 3.63) is 11.4 Å². The highest BCUT2D eigenvalue weighted by molar-refractivity contribution is 6.23. The second kappa shape index (κ2) is 2.12. The average molecular weight is 173 g/mol. The van der Waals surface area contributed by atoms with Crippen LogP contribution in [0.25, 0.3) is 0 Å². The lowest BCUT2D eigenvalue weighted by molar-refractivity contribution is 0.521. The van der Waals surface area contributed by atoms with Crippen molar-refractivity contribution in [3.8, 4) is 0 Å². The summed E-state index contributed by atoms with van der Waals surface area (Å²) in [6.45, 7) is 0.927. The zero-order valence-electron chi connectivity index (χ0n) is 5.89. The quantitative estimate of drug-likeness (QED) is 0.347. The molecule has 0 spiro atoms. The molecule has 0 bridgehead atoms. The first-order valence-electron chi connectivity index (χ1n) is 3.46. The minimum atomic E-state index is -1.16. The molecular weight excluding hydrogens is 164 g/mol. The molecule has 4 N–H and O–H groups in total. The van der Waals surface area contributed by atoms with Crippen LogP contribution in [-0.4, -0.2) is 18.0 Å². The fraction of sp³-hybridized carbons (Fsp3) is 0.500. The largest absolute Gasteiger partial charge is 0.371 e. The van der Waals surface area contributed by atoms with Gasteiger partial charge in [0, 0.05) is 18.3 Å². The minimum absolute atomic E-state index is 0.914. The van der Waals surface area contributed by atoms with E-state index in [9.17, 15) is 0 Å². The molecule has 0 aromatic heterocycles. The summed E-state index contributed by atoms with van der Waals surface area (Å²) in [6.07, 6.45) is 2.71.